The Morgan fingerprint density at radius 2 is 2.04 bits per heavy atom. The summed E-state index contributed by atoms with van der Waals surface area (Å²) in [7, 11) is 0. The lowest BCUT2D eigenvalue weighted by Gasteiger charge is -2.22. The smallest absolute Gasteiger partial charge is 0.220 e. The summed E-state index contributed by atoms with van der Waals surface area (Å²) in [5.41, 5.74) is 2.08. The lowest BCUT2D eigenvalue weighted by Crippen LogP contribution is -2.33. The minimum absolute atomic E-state index is 0.0332. The number of aryl methyl sites for hydroxylation is 1. The average Bonchev–Trinajstić information content (AvgIpc) is 3.23. The van der Waals surface area contributed by atoms with Gasteiger partial charge in [-0.05, 0) is 13.3 Å². The highest BCUT2D eigenvalue weighted by atomic mass is 32.1. The minimum atomic E-state index is -0.549. The van der Waals surface area contributed by atoms with Crippen LogP contribution in [0.3, 0.4) is 0 Å². The lowest BCUT2D eigenvalue weighted by molar-refractivity contribution is -0.146. The van der Waals surface area contributed by atoms with Crippen LogP contribution in [0.15, 0.2) is 35.7 Å². The van der Waals surface area contributed by atoms with Gasteiger partial charge in [0.15, 0.2) is 5.79 Å². The second kappa shape index (κ2) is 7.88. The quantitative estimate of drug-likeness (QED) is 0.837. The first-order chi connectivity index (χ1) is 11.6. The Labute approximate surface area is 146 Å². The summed E-state index contributed by atoms with van der Waals surface area (Å²) in [5, 5.41) is 5.94. The third kappa shape index (κ3) is 4.63. The summed E-state index contributed by atoms with van der Waals surface area (Å²) in [4.78, 5) is 16.6. The average molecular weight is 346 g/mol. The zero-order valence-electron chi connectivity index (χ0n) is 13.8. The van der Waals surface area contributed by atoms with E-state index in [4.69, 9.17) is 9.47 Å². The molecule has 1 fully saturated rings. The molecule has 1 aromatic heterocycles. The van der Waals surface area contributed by atoms with Crippen LogP contribution < -0.4 is 5.32 Å². The van der Waals surface area contributed by atoms with E-state index in [-0.39, 0.29) is 5.91 Å². The van der Waals surface area contributed by atoms with Gasteiger partial charge in [0.25, 0.3) is 0 Å². The predicted molar refractivity (Wildman–Crippen MR) is 93.8 cm³/mol. The Morgan fingerprint density at radius 1 is 1.29 bits per heavy atom. The number of amides is 1. The number of carbonyl (C=O) groups excluding carboxylic acids is 1. The van der Waals surface area contributed by atoms with Gasteiger partial charge in [0.05, 0.1) is 18.9 Å². The van der Waals surface area contributed by atoms with Crippen LogP contribution in [0.1, 0.15) is 25.5 Å². The fraction of sp³-hybridized carbons (Fsp3) is 0.444. The maximum absolute atomic E-state index is 12.0. The van der Waals surface area contributed by atoms with Crippen molar-refractivity contribution in [3.63, 3.8) is 0 Å². The second-order valence-electron chi connectivity index (χ2n) is 5.94. The zero-order valence-corrected chi connectivity index (χ0v) is 14.6. The summed E-state index contributed by atoms with van der Waals surface area (Å²) in [6, 6.07) is 10.1. The van der Waals surface area contributed by atoms with Crippen molar-refractivity contribution in [2.75, 3.05) is 19.8 Å². The van der Waals surface area contributed by atoms with Gasteiger partial charge in [0, 0.05) is 30.3 Å². The largest absolute Gasteiger partial charge is 0.356 e. The molecule has 3 rings (SSSR count). The molecule has 0 atom stereocenters. The SMILES string of the molecule is CC1(CCNC(=O)CCc2csc(-c3ccccc3)n2)OCCO1. The molecule has 0 unspecified atom stereocenters. The molecule has 0 aliphatic carbocycles. The molecule has 0 bridgehead atoms. The van der Waals surface area contributed by atoms with Crippen molar-refractivity contribution in [2.24, 2.45) is 0 Å². The Hall–Kier alpha value is -1.76. The van der Waals surface area contributed by atoms with Crippen LogP contribution in [0.25, 0.3) is 10.6 Å². The van der Waals surface area contributed by atoms with E-state index >= 15 is 0 Å². The summed E-state index contributed by atoms with van der Waals surface area (Å²) in [5.74, 6) is -0.516. The molecule has 6 heteroatoms. The lowest BCUT2D eigenvalue weighted by atomic mass is 10.2. The molecule has 1 saturated heterocycles. The molecule has 1 amide bonds. The number of thiazole rings is 1. The molecule has 1 aliphatic heterocycles. The van der Waals surface area contributed by atoms with Gasteiger partial charge in [-0.3, -0.25) is 4.79 Å². The highest BCUT2D eigenvalue weighted by Crippen LogP contribution is 2.24. The fourth-order valence-electron chi connectivity index (χ4n) is 2.60. The molecule has 2 heterocycles. The van der Waals surface area contributed by atoms with E-state index in [1.807, 2.05) is 42.6 Å². The van der Waals surface area contributed by atoms with Crippen molar-refractivity contribution in [2.45, 2.75) is 32.0 Å². The molecule has 0 saturated carbocycles. The highest BCUT2D eigenvalue weighted by molar-refractivity contribution is 7.13. The van der Waals surface area contributed by atoms with Crippen molar-refractivity contribution in [3.05, 3.63) is 41.4 Å². The molecular weight excluding hydrogens is 324 g/mol. The molecule has 128 valence electrons. The first kappa shape index (κ1) is 17.1. The van der Waals surface area contributed by atoms with Crippen LogP contribution in [-0.4, -0.2) is 36.4 Å². The summed E-state index contributed by atoms with van der Waals surface area (Å²) >= 11 is 1.61. The zero-order chi connectivity index (χ0) is 16.8. The van der Waals surface area contributed by atoms with Crippen molar-refractivity contribution in [3.8, 4) is 10.6 Å². The van der Waals surface area contributed by atoms with E-state index in [2.05, 4.69) is 10.3 Å². The van der Waals surface area contributed by atoms with Crippen LogP contribution in [0, 0.1) is 0 Å². The van der Waals surface area contributed by atoms with Gasteiger partial charge in [-0.15, -0.1) is 11.3 Å². The number of nitrogens with one attached hydrogen (secondary N) is 1. The van der Waals surface area contributed by atoms with Crippen LogP contribution in [0.5, 0.6) is 0 Å². The van der Waals surface area contributed by atoms with Crippen molar-refractivity contribution < 1.29 is 14.3 Å². The molecule has 1 aromatic carbocycles. The van der Waals surface area contributed by atoms with E-state index in [1.54, 1.807) is 11.3 Å². The monoisotopic (exact) mass is 346 g/mol. The van der Waals surface area contributed by atoms with E-state index in [0.717, 1.165) is 16.3 Å². The Balaban J connectivity index is 1.41. The van der Waals surface area contributed by atoms with Gasteiger partial charge in [-0.25, -0.2) is 4.98 Å². The number of hydrogen-bond donors (Lipinski definition) is 1. The number of nitrogens with zero attached hydrogens (tertiary/aromatic N) is 1. The molecule has 24 heavy (non-hydrogen) atoms. The van der Waals surface area contributed by atoms with Crippen LogP contribution >= 0.6 is 11.3 Å². The van der Waals surface area contributed by atoms with Crippen molar-refractivity contribution in [1.29, 1.82) is 0 Å². The molecular formula is C18H22N2O3S. The normalized spacial score (nSPS) is 16.2. The first-order valence-electron chi connectivity index (χ1n) is 8.19. The van der Waals surface area contributed by atoms with E-state index in [0.29, 0.717) is 39.0 Å². The number of ether oxygens (including phenoxy) is 2. The minimum Gasteiger partial charge on any atom is -0.356 e. The van der Waals surface area contributed by atoms with E-state index < -0.39 is 5.79 Å². The van der Waals surface area contributed by atoms with Gasteiger partial charge >= 0.3 is 0 Å². The fourth-order valence-corrected chi connectivity index (χ4v) is 3.46. The van der Waals surface area contributed by atoms with E-state index in [1.165, 1.54) is 0 Å². The molecule has 5 nitrogen and oxygen atoms in total. The molecule has 2 aromatic rings. The Morgan fingerprint density at radius 3 is 2.79 bits per heavy atom. The molecule has 0 radical (unpaired) electrons. The number of hydrogen-bond acceptors (Lipinski definition) is 5. The maximum atomic E-state index is 12.0. The maximum Gasteiger partial charge on any atom is 0.220 e. The van der Waals surface area contributed by atoms with Crippen LogP contribution in [-0.2, 0) is 20.7 Å². The summed E-state index contributed by atoms with van der Waals surface area (Å²) in [6.45, 7) is 3.71. The number of carbonyl (C=O) groups is 1. The molecule has 1 N–H and O–H groups in total. The summed E-state index contributed by atoms with van der Waals surface area (Å²) < 4.78 is 11.0. The standard InChI is InChI=1S/C18H22N2O3S/c1-18(22-11-12-23-18)9-10-19-16(21)8-7-15-13-24-17(20-15)14-5-3-2-4-6-14/h2-6,13H,7-12H2,1H3,(H,19,21). The number of benzene rings is 1. The molecule has 1 aliphatic rings. The number of aromatic nitrogens is 1. The Bertz CT molecular complexity index is 666. The van der Waals surface area contributed by atoms with Gasteiger partial charge in [-0.2, -0.15) is 0 Å². The predicted octanol–water partition coefficient (Wildman–Crippen LogP) is 3.01. The third-order valence-electron chi connectivity index (χ3n) is 3.98. The van der Waals surface area contributed by atoms with Gasteiger partial charge in [0.2, 0.25) is 5.91 Å². The van der Waals surface area contributed by atoms with Crippen molar-refractivity contribution >= 4 is 17.2 Å². The highest BCUT2D eigenvalue weighted by Gasteiger charge is 2.30. The van der Waals surface area contributed by atoms with E-state index in [9.17, 15) is 4.79 Å². The topological polar surface area (TPSA) is 60.5 Å². The van der Waals surface area contributed by atoms with Gasteiger partial charge in [0.1, 0.15) is 5.01 Å². The van der Waals surface area contributed by atoms with Gasteiger partial charge in [-0.1, -0.05) is 30.3 Å². The van der Waals surface area contributed by atoms with Crippen LogP contribution in [0.2, 0.25) is 0 Å². The third-order valence-corrected chi connectivity index (χ3v) is 4.92. The number of rotatable bonds is 7. The van der Waals surface area contributed by atoms with Crippen molar-refractivity contribution in [1.82, 2.24) is 10.3 Å². The Kier molecular flexibility index (Phi) is 5.60. The second-order valence-corrected chi connectivity index (χ2v) is 6.80. The summed E-state index contributed by atoms with van der Waals surface area (Å²) in [6.07, 6.45) is 1.75. The molecule has 0 spiro atoms. The first-order valence-corrected chi connectivity index (χ1v) is 9.07. The van der Waals surface area contributed by atoms with Gasteiger partial charge < -0.3 is 14.8 Å². The van der Waals surface area contributed by atoms with Crippen LogP contribution in [0.4, 0.5) is 0 Å².